The van der Waals surface area contributed by atoms with Crippen LogP contribution in [0.25, 0.3) is 10.2 Å². The first kappa shape index (κ1) is 30.4. The third kappa shape index (κ3) is 6.67. The zero-order chi connectivity index (χ0) is 29.9. The lowest BCUT2D eigenvalue weighted by molar-refractivity contribution is -0.192. The number of hydrogen-bond donors (Lipinski definition) is 3. The van der Waals surface area contributed by atoms with Crippen LogP contribution in [0.2, 0.25) is 0 Å². The number of carboxylic acid groups (broad SMARTS) is 1. The van der Waals surface area contributed by atoms with Crippen molar-refractivity contribution in [1.29, 1.82) is 0 Å². The Morgan fingerprint density at radius 2 is 1.83 bits per heavy atom. The summed E-state index contributed by atoms with van der Waals surface area (Å²) < 4.78 is 43.9. The molecule has 13 heteroatoms. The lowest BCUT2D eigenvalue weighted by atomic mass is 9.65. The Bertz CT molecular complexity index is 1420. The molecular formula is C28H33F3N4O5S. The highest BCUT2D eigenvalue weighted by atomic mass is 32.1. The second kappa shape index (κ2) is 12.1. The van der Waals surface area contributed by atoms with Gasteiger partial charge in [0.2, 0.25) is 0 Å². The smallest absolute Gasteiger partial charge is 0.490 e. The lowest BCUT2D eigenvalue weighted by Crippen LogP contribution is -2.52. The molecule has 41 heavy (non-hydrogen) atoms. The maximum absolute atomic E-state index is 12.8. The number of alkyl halides is 3. The topological polar surface area (TPSA) is 113 Å². The van der Waals surface area contributed by atoms with Crippen LogP contribution in [0.5, 0.6) is 11.5 Å². The number of anilines is 1. The number of thiazole rings is 1. The van der Waals surface area contributed by atoms with Gasteiger partial charge in [0.15, 0.2) is 11.5 Å². The van der Waals surface area contributed by atoms with Crippen molar-refractivity contribution >= 4 is 39.2 Å². The van der Waals surface area contributed by atoms with Crippen molar-refractivity contribution in [3.63, 3.8) is 0 Å². The number of halogens is 3. The minimum absolute atomic E-state index is 0.0659. The number of benzene rings is 2. The van der Waals surface area contributed by atoms with Crippen molar-refractivity contribution < 1.29 is 37.3 Å². The molecule has 1 aliphatic carbocycles. The number of aliphatic carboxylic acids is 1. The molecule has 0 spiro atoms. The van der Waals surface area contributed by atoms with Gasteiger partial charge in [0.1, 0.15) is 0 Å². The summed E-state index contributed by atoms with van der Waals surface area (Å²) in [6.45, 7) is 3.04. The minimum atomic E-state index is -5.08. The first-order valence-electron chi connectivity index (χ1n) is 13.0. The summed E-state index contributed by atoms with van der Waals surface area (Å²) in [5.41, 5.74) is 3.06. The highest BCUT2D eigenvalue weighted by molar-refractivity contribution is 7.18. The van der Waals surface area contributed by atoms with Gasteiger partial charge in [-0.3, -0.25) is 0 Å². The number of likely N-dealkylation sites (N-methyl/N-ethyl adjacent to an activating group) is 1. The fourth-order valence-electron chi connectivity index (χ4n) is 5.87. The molecule has 2 fully saturated rings. The van der Waals surface area contributed by atoms with Crippen molar-refractivity contribution in [2.45, 2.75) is 56.3 Å². The first-order chi connectivity index (χ1) is 19.4. The molecule has 0 bridgehead atoms. The largest absolute Gasteiger partial charge is 0.493 e. The number of fused-ring (bicyclic) bond motifs is 2. The number of rotatable bonds is 5. The third-order valence-electron chi connectivity index (χ3n) is 7.82. The molecular weight excluding hydrogens is 561 g/mol. The van der Waals surface area contributed by atoms with Crippen LogP contribution >= 0.6 is 11.3 Å². The van der Waals surface area contributed by atoms with Gasteiger partial charge in [0, 0.05) is 23.2 Å². The molecule has 3 N–H and O–H groups in total. The van der Waals surface area contributed by atoms with E-state index in [1.165, 1.54) is 5.56 Å². The fourth-order valence-corrected chi connectivity index (χ4v) is 6.67. The average Bonchev–Trinajstić information content (AvgIpc) is 3.46. The second-order valence-corrected chi connectivity index (χ2v) is 11.5. The average molecular weight is 595 g/mol. The van der Waals surface area contributed by atoms with Crippen molar-refractivity contribution in [2.75, 3.05) is 33.1 Å². The first-order valence-corrected chi connectivity index (χ1v) is 13.9. The van der Waals surface area contributed by atoms with E-state index in [2.05, 4.69) is 39.7 Å². The number of carboxylic acids is 1. The molecule has 1 saturated carbocycles. The number of nitrogens with zero attached hydrogens (tertiary/aromatic N) is 2. The van der Waals surface area contributed by atoms with E-state index in [1.54, 1.807) is 25.6 Å². The van der Waals surface area contributed by atoms with Gasteiger partial charge in [-0.2, -0.15) is 13.2 Å². The molecule has 1 saturated heterocycles. The number of methoxy groups -OCH3 is 2. The van der Waals surface area contributed by atoms with Gasteiger partial charge in [0.05, 0.1) is 29.4 Å². The summed E-state index contributed by atoms with van der Waals surface area (Å²) >= 11 is 1.66. The SMILES string of the molecule is COc1ccc([C@@]23CC[C@@H](NC(=O)Nc4ccc5sc(C)nc5c4)C[C@@H]2N(C)CC3)cc1OC.O=C(O)C(F)(F)F. The van der Waals surface area contributed by atoms with Crippen LogP contribution in [0, 0.1) is 6.92 Å². The van der Waals surface area contributed by atoms with Crippen molar-refractivity contribution in [2.24, 2.45) is 0 Å². The number of hydrogen-bond acceptors (Lipinski definition) is 7. The maximum Gasteiger partial charge on any atom is 0.490 e. The van der Waals surface area contributed by atoms with Crippen LogP contribution in [0.15, 0.2) is 36.4 Å². The maximum atomic E-state index is 12.8. The molecule has 2 heterocycles. The Morgan fingerprint density at radius 3 is 2.49 bits per heavy atom. The van der Waals surface area contributed by atoms with Gasteiger partial charge in [0.25, 0.3) is 0 Å². The van der Waals surface area contributed by atoms with Gasteiger partial charge in [-0.05, 0) is 82.1 Å². The van der Waals surface area contributed by atoms with E-state index in [4.69, 9.17) is 19.4 Å². The molecule has 2 aromatic carbocycles. The molecule has 5 rings (SSSR count). The van der Waals surface area contributed by atoms with Gasteiger partial charge >= 0.3 is 18.2 Å². The standard InChI is InChI=1S/C26H32N4O3S.C2HF3O2/c1-16-27-20-14-18(6-8-23(20)34-16)28-25(31)29-19-9-10-26(11-12-30(2)24(26)15-19)17-5-7-21(32-3)22(13-17)33-4;3-2(4,5)1(6)7/h5-8,13-14,19,24H,9-12,15H2,1-4H3,(H2,28,29,31);(H,6,7)/t19-,24+,26+;/m1./s1. The van der Waals surface area contributed by atoms with Gasteiger partial charge in [-0.25, -0.2) is 14.6 Å². The second-order valence-electron chi connectivity index (χ2n) is 10.3. The molecule has 2 amide bonds. The van der Waals surface area contributed by atoms with Gasteiger partial charge < -0.3 is 30.1 Å². The lowest BCUT2D eigenvalue weighted by Gasteiger charge is -2.45. The van der Waals surface area contributed by atoms with Crippen LogP contribution in [-0.2, 0) is 10.2 Å². The van der Waals surface area contributed by atoms with E-state index in [-0.39, 0.29) is 17.5 Å². The number of urea groups is 1. The molecule has 0 unspecified atom stereocenters. The molecule has 0 radical (unpaired) electrons. The Balaban J connectivity index is 0.000000493. The minimum Gasteiger partial charge on any atom is -0.493 e. The summed E-state index contributed by atoms with van der Waals surface area (Å²) in [7, 11) is 5.55. The molecule has 3 aromatic rings. The Hall–Kier alpha value is -3.58. The van der Waals surface area contributed by atoms with Crippen LogP contribution in [0.4, 0.5) is 23.7 Å². The summed E-state index contributed by atoms with van der Waals surface area (Å²) in [6.07, 6.45) is -1.10. The van der Waals surface area contributed by atoms with E-state index >= 15 is 0 Å². The van der Waals surface area contributed by atoms with E-state index in [9.17, 15) is 18.0 Å². The highest BCUT2D eigenvalue weighted by Crippen LogP contribution is 2.49. The van der Waals surface area contributed by atoms with Crippen LogP contribution < -0.4 is 20.1 Å². The Kier molecular flexibility index (Phi) is 8.97. The quantitative estimate of drug-likeness (QED) is 0.354. The number of aryl methyl sites for hydroxylation is 1. The van der Waals surface area contributed by atoms with E-state index < -0.39 is 12.1 Å². The third-order valence-corrected chi connectivity index (χ3v) is 8.77. The van der Waals surface area contributed by atoms with Gasteiger partial charge in [-0.15, -0.1) is 11.3 Å². The summed E-state index contributed by atoms with van der Waals surface area (Å²) in [6, 6.07) is 12.6. The predicted molar refractivity (Wildman–Crippen MR) is 150 cm³/mol. The van der Waals surface area contributed by atoms with Crippen molar-refractivity contribution in [3.8, 4) is 11.5 Å². The van der Waals surface area contributed by atoms with Crippen LogP contribution in [-0.4, -0.2) is 73.1 Å². The zero-order valence-corrected chi connectivity index (χ0v) is 24.0. The van der Waals surface area contributed by atoms with Gasteiger partial charge in [-0.1, -0.05) is 6.07 Å². The molecule has 1 aromatic heterocycles. The number of aromatic nitrogens is 1. The molecule has 9 nitrogen and oxygen atoms in total. The molecule has 3 atom stereocenters. The zero-order valence-electron chi connectivity index (χ0n) is 23.2. The number of nitrogens with one attached hydrogen (secondary N) is 2. The highest BCUT2D eigenvalue weighted by Gasteiger charge is 2.50. The monoisotopic (exact) mass is 594 g/mol. The number of carbonyl (C=O) groups is 2. The number of ether oxygens (including phenoxy) is 2. The van der Waals surface area contributed by atoms with Crippen LogP contribution in [0.1, 0.15) is 36.3 Å². The summed E-state index contributed by atoms with van der Waals surface area (Å²) in [4.78, 5) is 28.7. The van der Waals surface area contributed by atoms with Crippen molar-refractivity contribution in [3.05, 3.63) is 47.0 Å². The summed E-state index contributed by atoms with van der Waals surface area (Å²) in [5.74, 6) is -1.23. The molecule has 2 aliphatic rings. The van der Waals surface area contributed by atoms with Crippen LogP contribution in [0.3, 0.4) is 0 Å². The normalized spacial score (nSPS) is 22.3. The molecule has 1 aliphatic heterocycles. The van der Waals surface area contributed by atoms with Crippen molar-refractivity contribution in [1.82, 2.24) is 15.2 Å². The summed E-state index contributed by atoms with van der Waals surface area (Å²) in [5, 5.41) is 14.4. The Labute approximate surface area is 239 Å². The number of amides is 2. The number of likely N-dealkylation sites (tertiary alicyclic amines) is 1. The van der Waals surface area contributed by atoms with E-state index in [0.29, 0.717) is 6.04 Å². The van der Waals surface area contributed by atoms with E-state index in [1.807, 2.05) is 31.2 Å². The number of carbonyl (C=O) groups excluding carboxylic acids is 1. The fraction of sp³-hybridized carbons (Fsp3) is 0.464. The Morgan fingerprint density at radius 1 is 1.12 bits per heavy atom. The predicted octanol–water partition coefficient (Wildman–Crippen LogP) is 5.57. The molecule has 222 valence electrons. The van der Waals surface area contributed by atoms with E-state index in [0.717, 1.165) is 64.6 Å².